The fourth-order valence-electron chi connectivity index (χ4n) is 1.57. The molecule has 2 rings (SSSR count). The van der Waals surface area contributed by atoms with Gasteiger partial charge in [0.25, 0.3) is 0 Å². The van der Waals surface area contributed by atoms with E-state index in [1.54, 1.807) is 18.2 Å². The molecule has 4 nitrogen and oxygen atoms in total. The number of ether oxygens (including phenoxy) is 1. The van der Waals surface area contributed by atoms with Gasteiger partial charge in [0.2, 0.25) is 11.9 Å². The van der Waals surface area contributed by atoms with Crippen molar-refractivity contribution in [2.45, 2.75) is 13.3 Å². The Morgan fingerprint density at radius 2 is 2.27 bits per heavy atom. The Hall–Kier alpha value is -1.97. The van der Waals surface area contributed by atoms with Crippen molar-refractivity contribution in [3.8, 4) is 5.75 Å². The summed E-state index contributed by atoms with van der Waals surface area (Å²) >= 11 is 0. The quantitative estimate of drug-likeness (QED) is 0.399. The highest BCUT2D eigenvalue weighted by molar-refractivity contribution is 5.72. The van der Waals surface area contributed by atoms with E-state index < -0.39 is 5.97 Å². The Morgan fingerprint density at radius 1 is 1.47 bits per heavy atom. The van der Waals surface area contributed by atoms with Crippen molar-refractivity contribution in [2.75, 3.05) is 0 Å². The van der Waals surface area contributed by atoms with Crippen molar-refractivity contribution in [3.05, 3.63) is 40.9 Å². The molecule has 0 aromatic heterocycles. The first-order valence-corrected chi connectivity index (χ1v) is 4.62. The molecule has 0 atom stereocenters. The smallest absolute Gasteiger partial charge is 0.308 e. The van der Waals surface area contributed by atoms with Gasteiger partial charge in [0.1, 0.15) is 0 Å². The van der Waals surface area contributed by atoms with Crippen molar-refractivity contribution in [3.63, 3.8) is 0 Å². The van der Waals surface area contributed by atoms with Gasteiger partial charge in [-0.05, 0) is 12.1 Å². The van der Waals surface area contributed by atoms with Gasteiger partial charge >= 0.3 is 11.7 Å². The number of nitrogens with zero attached hydrogens (tertiary/aromatic N) is 1. The molecule has 0 aliphatic carbocycles. The predicted molar refractivity (Wildman–Crippen MR) is 53.9 cm³/mol. The fraction of sp³-hybridized carbons (Fsp3) is 0.182. The molecule has 1 aromatic carbocycles. The van der Waals surface area contributed by atoms with Crippen molar-refractivity contribution < 1.29 is 14.3 Å². The van der Waals surface area contributed by atoms with E-state index >= 15 is 0 Å². The molecule has 0 spiro atoms. The molecule has 0 saturated carbocycles. The van der Waals surface area contributed by atoms with Crippen molar-refractivity contribution >= 4 is 11.7 Å². The van der Waals surface area contributed by atoms with Crippen LogP contribution < -0.4 is 4.74 Å². The van der Waals surface area contributed by atoms with Gasteiger partial charge in [0, 0.05) is 23.8 Å². The topological polar surface area (TPSA) is 46.4 Å². The summed E-state index contributed by atoms with van der Waals surface area (Å²) in [6.45, 7) is 1.31. The number of carbonyl (C=O) groups is 1. The summed E-state index contributed by atoms with van der Waals surface area (Å²) in [5, 5.41) is 0. The Kier molecular flexibility index (Phi) is 2.33. The second kappa shape index (κ2) is 3.65. The number of hydrogen-bond donors (Lipinski definition) is 0. The minimum Gasteiger partial charge on any atom is -0.419 e. The van der Waals surface area contributed by atoms with E-state index in [1.807, 2.05) is 6.07 Å². The van der Waals surface area contributed by atoms with Gasteiger partial charge in [-0.25, -0.2) is 0 Å². The summed E-state index contributed by atoms with van der Waals surface area (Å²) in [4.78, 5) is 22.4. The number of benzene rings is 1. The van der Waals surface area contributed by atoms with E-state index in [2.05, 4.69) is 0 Å². The lowest BCUT2D eigenvalue weighted by Crippen LogP contribution is -2.07. The lowest BCUT2D eigenvalue weighted by atomic mass is 10.1. The van der Waals surface area contributed by atoms with Crippen LogP contribution in [0.4, 0.5) is 5.69 Å². The van der Waals surface area contributed by atoms with Crippen LogP contribution in [0.2, 0.25) is 0 Å². The molecule has 1 heterocycles. The average Bonchev–Trinajstić information content (AvgIpc) is 2.17. The van der Waals surface area contributed by atoms with E-state index in [9.17, 15) is 9.70 Å². The Balaban J connectivity index is 2.50. The maximum Gasteiger partial charge on any atom is 0.308 e. The van der Waals surface area contributed by atoms with Crippen molar-refractivity contribution in [2.24, 2.45) is 0 Å². The molecule has 76 valence electrons. The molecule has 0 saturated heterocycles. The predicted octanol–water partition coefficient (Wildman–Crippen LogP) is 2.09. The fourth-order valence-corrected chi connectivity index (χ4v) is 1.57. The molecule has 1 aromatic rings. The minimum absolute atomic E-state index is 0.319. The van der Waals surface area contributed by atoms with Crippen LogP contribution >= 0.6 is 0 Å². The van der Waals surface area contributed by atoms with Crippen molar-refractivity contribution in [1.82, 2.24) is 0 Å². The number of fused-ring (bicyclic) bond motifs is 1. The van der Waals surface area contributed by atoms with Crippen LogP contribution in [0.15, 0.2) is 30.5 Å². The third-order valence-electron chi connectivity index (χ3n) is 2.14. The number of esters is 1. The molecule has 1 aliphatic heterocycles. The third kappa shape index (κ3) is 1.79. The zero-order valence-electron chi connectivity index (χ0n) is 8.27. The molecule has 0 N–H and O–H groups in total. The number of para-hydroxylation sites is 1. The highest BCUT2D eigenvalue weighted by atomic mass is 16.5. The van der Waals surface area contributed by atoms with Crippen LogP contribution in [0.3, 0.4) is 0 Å². The molecule has 0 unspecified atom stereocenters. The molecular weight excluding hydrogens is 194 g/mol. The number of rotatable bonds is 1. The van der Waals surface area contributed by atoms with Crippen LogP contribution in [0.5, 0.6) is 5.75 Å². The first-order chi connectivity index (χ1) is 7.18. The molecule has 0 radical (unpaired) electrons. The van der Waals surface area contributed by atoms with Crippen LogP contribution in [0, 0.1) is 4.91 Å². The summed E-state index contributed by atoms with van der Waals surface area (Å²) in [5.74, 6) is -0.106. The minimum atomic E-state index is -0.425. The molecule has 0 amide bonds. The van der Waals surface area contributed by atoms with Gasteiger partial charge in [-0.3, -0.25) is 4.79 Å². The summed E-state index contributed by atoms with van der Waals surface area (Å²) in [7, 11) is 0. The van der Waals surface area contributed by atoms with E-state index in [0.717, 1.165) is 10.3 Å². The maximum absolute atomic E-state index is 11.5. The summed E-state index contributed by atoms with van der Waals surface area (Å²) in [5.41, 5.74) is 1.29. The second-order valence-electron chi connectivity index (χ2n) is 3.27. The zero-order valence-corrected chi connectivity index (χ0v) is 8.27. The normalized spacial score (nSPS) is 13.5. The molecular formula is C11H10NO3+. The summed E-state index contributed by atoms with van der Waals surface area (Å²) < 4.78 is 5.69. The van der Waals surface area contributed by atoms with Gasteiger partial charge in [-0.1, -0.05) is 12.1 Å². The van der Waals surface area contributed by atoms with E-state index in [0.29, 0.717) is 17.9 Å². The first-order valence-electron chi connectivity index (χ1n) is 4.62. The number of hydrogen-bond acceptors (Lipinski definition) is 3. The third-order valence-corrected chi connectivity index (χ3v) is 2.14. The Bertz CT molecular complexity index is 463. The van der Waals surface area contributed by atoms with Crippen LogP contribution in [0.1, 0.15) is 12.5 Å². The number of nitroso groups, excluding NO2 is 1. The van der Waals surface area contributed by atoms with Gasteiger partial charge < -0.3 is 4.74 Å². The molecule has 15 heavy (non-hydrogen) atoms. The van der Waals surface area contributed by atoms with Crippen LogP contribution in [0.25, 0.3) is 0 Å². The Morgan fingerprint density at radius 3 is 3.00 bits per heavy atom. The molecule has 4 heteroatoms. The van der Waals surface area contributed by atoms with E-state index in [4.69, 9.17) is 4.74 Å². The lowest BCUT2D eigenvalue weighted by molar-refractivity contribution is -0.388. The average molecular weight is 204 g/mol. The molecule has 1 aliphatic rings. The maximum atomic E-state index is 11.5. The molecule has 0 fully saturated rings. The second-order valence-corrected chi connectivity index (χ2v) is 3.27. The van der Waals surface area contributed by atoms with Crippen molar-refractivity contribution in [1.29, 1.82) is 0 Å². The van der Waals surface area contributed by atoms with Crippen LogP contribution in [-0.2, 0) is 11.2 Å². The SMILES string of the molecule is CC(=O)Oc1cccc2c1[N+](=O)C=CC2. The standard InChI is InChI=1S/C11H10NO3/c1-8(13)15-10-6-2-4-9-5-3-7-12(14)11(9)10/h2-4,6-7H,5H2,1H3/q+1. The zero-order chi connectivity index (χ0) is 10.8. The van der Waals surface area contributed by atoms with Gasteiger partial charge in [0.05, 0.1) is 4.76 Å². The largest absolute Gasteiger partial charge is 0.419 e. The highest BCUT2D eigenvalue weighted by Crippen LogP contribution is 2.33. The highest BCUT2D eigenvalue weighted by Gasteiger charge is 2.26. The molecule has 0 bridgehead atoms. The van der Waals surface area contributed by atoms with E-state index in [-0.39, 0.29) is 0 Å². The van der Waals surface area contributed by atoms with E-state index in [1.165, 1.54) is 13.1 Å². The van der Waals surface area contributed by atoms with Gasteiger partial charge in [-0.15, -0.1) is 0 Å². The monoisotopic (exact) mass is 204 g/mol. The number of allylic oxidation sites excluding steroid dienone is 1. The number of carbonyl (C=O) groups excluding carboxylic acids is 1. The van der Waals surface area contributed by atoms with Crippen LogP contribution in [-0.4, -0.2) is 10.7 Å². The summed E-state index contributed by atoms with van der Waals surface area (Å²) in [6, 6.07) is 5.23. The Labute approximate surface area is 86.7 Å². The lowest BCUT2D eigenvalue weighted by Gasteiger charge is -2.07. The van der Waals surface area contributed by atoms with Gasteiger partial charge in [0.15, 0.2) is 0 Å². The summed E-state index contributed by atoms with van der Waals surface area (Å²) in [6.07, 6.45) is 3.88. The van der Waals surface area contributed by atoms with Gasteiger partial charge in [-0.2, -0.15) is 0 Å². The first kappa shape index (κ1) is 9.58.